The molecule has 1 heterocycles. The SMILES string of the molecule is Cc1ccccc1Oc1ccc(N=C2C(=O)Nc3c(Cl)cccc32)cc1. The number of halogens is 1. The van der Waals surface area contributed by atoms with Crippen LogP contribution in [0, 0.1) is 6.92 Å². The molecule has 0 bridgehead atoms. The molecule has 0 radical (unpaired) electrons. The Morgan fingerprint density at radius 1 is 0.962 bits per heavy atom. The third-order valence-electron chi connectivity index (χ3n) is 4.12. The number of ether oxygens (including phenoxy) is 1. The lowest BCUT2D eigenvalue weighted by Crippen LogP contribution is -2.13. The summed E-state index contributed by atoms with van der Waals surface area (Å²) in [4.78, 5) is 16.7. The average molecular weight is 363 g/mol. The molecule has 1 aliphatic heterocycles. The van der Waals surface area contributed by atoms with Crippen LogP contribution in [0.15, 0.2) is 71.7 Å². The van der Waals surface area contributed by atoms with Gasteiger partial charge in [-0.25, -0.2) is 4.99 Å². The third kappa shape index (κ3) is 3.07. The first-order valence-corrected chi connectivity index (χ1v) is 8.52. The molecule has 3 aromatic carbocycles. The number of anilines is 1. The summed E-state index contributed by atoms with van der Waals surface area (Å²) in [5.41, 5.74) is 3.41. The van der Waals surface area contributed by atoms with Crippen LogP contribution >= 0.6 is 11.6 Å². The predicted octanol–water partition coefficient (Wildman–Crippen LogP) is 5.51. The minimum Gasteiger partial charge on any atom is -0.457 e. The molecular weight excluding hydrogens is 348 g/mol. The second kappa shape index (κ2) is 6.65. The minimum absolute atomic E-state index is 0.256. The van der Waals surface area contributed by atoms with E-state index in [1.165, 1.54) is 0 Å². The van der Waals surface area contributed by atoms with Crippen LogP contribution in [0.4, 0.5) is 11.4 Å². The molecule has 1 amide bonds. The van der Waals surface area contributed by atoms with Crippen LogP contribution in [0.25, 0.3) is 0 Å². The van der Waals surface area contributed by atoms with E-state index in [2.05, 4.69) is 10.3 Å². The number of carbonyl (C=O) groups excluding carboxylic acids is 1. The maximum absolute atomic E-state index is 12.2. The molecule has 0 aliphatic carbocycles. The highest BCUT2D eigenvalue weighted by molar-refractivity contribution is 6.55. The van der Waals surface area contributed by atoms with E-state index in [-0.39, 0.29) is 5.91 Å². The zero-order chi connectivity index (χ0) is 18.1. The normalized spacial score (nSPS) is 14.2. The molecule has 1 aliphatic rings. The van der Waals surface area contributed by atoms with Crippen LogP contribution in [0.3, 0.4) is 0 Å². The Bertz CT molecular complexity index is 1030. The maximum Gasteiger partial charge on any atom is 0.275 e. The fourth-order valence-electron chi connectivity index (χ4n) is 2.77. The van der Waals surface area contributed by atoms with E-state index in [0.717, 1.165) is 11.3 Å². The summed E-state index contributed by atoms with van der Waals surface area (Å²) in [6.07, 6.45) is 0. The largest absolute Gasteiger partial charge is 0.457 e. The molecular formula is C21H15ClN2O2. The Kier molecular flexibility index (Phi) is 4.19. The number of nitrogens with zero attached hydrogens (tertiary/aromatic N) is 1. The van der Waals surface area contributed by atoms with E-state index >= 15 is 0 Å². The summed E-state index contributed by atoms with van der Waals surface area (Å²) in [6.45, 7) is 2.00. The van der Waals surface area contributed by atoms with Crippen molar-refractivity contribution in [2.75, 3.05) is 5.32 Å². The van der Waals surface area contributed by atoms with Gasteiger partial charge in [0.1, 0.15) is 17.2 Å². The summed E-state index contributed by atoms with van der Waals surface area (Å²) in [5, 5.41) is 3.26. The molecule has 3 aromatic rings. The van der Waals surface area contributed by atoms with Gasteiger partial charge >= 0.3 is 0 Å². The molecule has 4 nitrogen and oxygen atoms in total. The average Bonchev–Trinajstić information content (AvgIpc) is 2.96. The monoisotopic (exact) mass is 362 g/mol. The molecule has 0 fully saturated rings. The summed E-state index contributed by atoms with van der Waals surface area (Å²) in [5.74, 6) is 1.27. The number of nitrogens with one attached hydrogen (secondary N) is 1. The van der Waals surface area contributed by atoms with Crippen LogP contribution in [-0.2, 0) is 4.79 Å². The van der Waals surface area contributed by atoms with E-state index < -0.39 is 0 Å². The Morgan fingerprint density at radius 2 is 1.73 bits per heavy atom. The Balaban J connectivity index is 1.61. The molecule has 0 unspecified atom stereocenters. The Hall–Kier alpha value is -3.11. The second-order valence-electron chi connectivity index (χ2n) is 5.94. The van der Waals surface area contributed by atoms with Crippen LogP contribution in [0.1, 0.15) is 11.1 Å². The number of amides is 1. The van der Waals surface area contributed by atoms with Crippen molar-refractivity contribution >= 4 is 34.6 Å². The third-order valence-corrected chi connectivity index (χ3v) is 4.44. The number of carbonyl (C=O) groups is 1. The summed E-state index contributed by atoms with van der Waals surface area (Å²) < 4.78 is 5.88. The molecule has 128 valence electrons. The van der Waals surface area contributed by atoms with Gasteiger partial charge in [-0.15, -0.1) is 0 Å². The van der Waals surface area contributed by atoms with Crippen molar-refractivity contribution < 1.29 is 9.53 Å². The van der Waals surface area contributed by atoms with Crippen LogP contribution in [0.2, 0.25) is 5.02 Å². The quantitative estimate of drug-likeness (QED) is 0.667. The standard InChI is InChI=1S/C21H15ClN2O2/c1-13-5-2-3-8-18(13)26-15-11-9-14(10-12-15)23-20-16-6-4-7-17(22)19(16)24-21(20)25/h2-12H,1H3,(H,23,24,25). The molecule has 0 aromatic heterocycles. The van der Waals surface area contributed by atoms with Gasteiger partial charge in [-0.05, 0) is 48.9 Å². The Labute approximate surface area is 156 Å². The number of hydrogen-bond donors (Lipinski definition) is 1. The highest BCUT2D eigenvalue weighted by Crippen LogP contribution is 2.33. The topological polar surface area (TPSA) is 50.7 Å². The number of benzene rings is 3. The smallest absolute Gasteiger partial charge is 0.275 e. The van der Waals surface area contributed by atoms with Crippen LogP contribution in [0.5, 0.6) is 11.5 Å². The van der Waals surface area contributed by atoms with Crippen molar-refractivity contribution in [1.82, 2.24) is 0 Å². The maximum atomic E-state index is 12.2. The van der Waals surface area contributed by atoms with Gasteiger partial charge in [-0.3, -0.25) is 4.79 Å². The second-order valence-corrected chi connectivity index (χ2v) is 6.35. The summed E-state index contributed by atoms with van der Waals surface area (Å²) in [6, 6.07) is 20.5. The van der Waals surface area contributed by atoms with Crippen molar-refractivity contribution in [2.45, 2.75) is 6.92 Å². The van der Waals surface area contributed by atoms with E-state index in [9.17, 15) is 4.79 Å². The van der Waals surface area contributed by atoms with Crippen molar-refractivity contribution in [3.8, 4) is 11.5 Å². The molecule has 0 spiro atoms. The van der Waals surface area contributed by atoms with E-state index in [1.54, 1.807) is 12.1 Å². The van der Waals surface area contributed by atoms with Crippen molar-refractivity contribution in [1.29, 1.82) is 0 Å². The highest BCUT2D eigenvalue weighted by atomic mass is 35.5. The van der Waals surface area contributed by atoms with E-state index in [4.69, 9.17) is 16.3 Å². The first-order valence-electron chi connectivity index (χ1n) is 8.14. The zero-order valence-corrected chi connectivity index (χ0v) is 14.7. The van der Waals surface area contributed by atoms with E-state index in [1.807, 2.05) is 61.5 Å². The Morgan fingerprint density at radius 3 is 2.50 bits per heavy atom. The molecule has 5 heteroatoms. The fraction of sp³-hybridized carbons (Fsp3) is 0.0476. The van der Waals surface area contributed by atoms with Crippen LogP contribution in [-0.4, -0.2) is 11.6 Å². The molecule has 0 saturated carbocycles. The minimum atomic E-state index is -0.256. The highest BCUT2D eigenvalue weighted by Gasteiger charge is 2.27. The van der Waals surface area contributed by atoms with Gasteiger partial charge in [0, 0.05) is 5.56 Å². The number of hydrogen-bond acceptors (Lipinski definition) is 3. The van der Waals surface area contributed by atoms with Gasteiger partial charge in [-0.2, -0.15) is 0 Å². The van der Waals surface area contributed by atoms with Gasteiger partial charge in [0.15, 0.2) is 0 Å². The molecule has 4 rings (SSSR count). The summed E-state index contributed by atoms with van der Waals surface area (Å²) in [7, 11) is 0. The molecule has 0 saturated heterocycles. The van der Waals surface area contributed by atoms with Crippen molar-refractivity contribution in [3.05, 3.63) is 82.9 Å². The molecule has 0 atom stereocenters. The first kappa shape index (κ1) is 16.4. The number of rotatable bonds is 3. The first-order chi connectivity index (χ1) is 12.6. The van der Waals surface area contributed by atoms with Gasteiger partial charge in [0.05, 0.1) is 16.4 Å². The van der Waals surface area contributed by atoms with Gasteiger partial charge in [-0.1, -0.05) is 41.9 Å². The lowest BCUT2D eigenvalue weighted by Gasteiger charge is -2.08. The lowest BCUT2D eigenvalue weighted by molar-refractivity contribution is -0.110. The molecule has 26 heavy (non-hydrogen) atoms. The number of aryl methyl sites for hydroxylation is 1. The fourth-order valence-corrected chi connectivity index (χ4v) is 2.99. The number of aliphatic imine (C=N–C) groups is 1. The van der Waals surface area contributed by atoms with Crippen molar-refractivity contribution in [3.63, 3.8) is 0 Å². The number of para-hydroxylation sites is 2. The number of fused-ring (bicyclic) bond motifs is 1. The summed E-state index contributed by atoms with van der Waals surface area (Å²) >= 11 is 6.13. The van der Waals surface area contributed by atoms with Crippen molar-refractivity contribution in [2.24, 2.45) is 4.99 Å². The lowest BCUT2D eigenvalue weighted by atomic mass is 10.1. The molecule has 1 N–H and O–H groups in total. The van der Waals surface area contributed by atoms with E-state index in [0.29, 0.717) is 33.4 Å². The predicted molar refractivity (Wildman–Crippen MR) is 104 cm³/mol. The van der Waals surface area contributed by atoms with Gasteiger partial charge in [0.2, 0.25) is 0 Å². The van der Waals surface area contributed by atoms with Gasteiger partial charge < -0.3 is 10.1 Å². The van der Waals surface area contributed by atoms with Crippen LogP contribution < -0.4 is 10.1 Å². The zero-order valence-electron chi connectivity index (χ0n) is 14.0. The van der Waals surface area contributed by atoms with Gasteiger partial charge in [0.25, 0.3) is 5.91 Å².